The third-order valence-electron chi connectivity index (χ3n) is 1.84. The molecule has 0 aliphatic carbocycles. The molecule has 14 heavy (non-hydrogen) atoms. The summed E-state index contributed by atoms with van der Waals surface area (Å²) in [5.41, 5.74) is 2.22. The van der Waals surface area contributed by atoms with Crippen LogP contribution in [0.15, 0.2) is 24.3 Å². The van der Waals surface area contributed by atoms with Crippen LogP contribution in [0.3, 0.4) is 0 Å². The van der Waals surface area contributed by atoms with Crippen LogP contribution in [0.25, 0.3) is 0 Å². The maximum absolute atomic E-state index is 11.3. The summed E-state index contributed by atoms with van der Waals surface area (Å²) in [5.74, 6) is -0.133. The normalized spacial score (nSPS) is 9.57. The van der Waals surface area contributed by atoms with Gasteiger partial charge < -0.3 is 10.7 Å². The smallest absolute Gasteiger partial charge is 0.230 e. The molecule has 0 fully saturated rings. The van der Waals surface area contributed by atoms with E-state index in [0.717, 1.165) is 11.3 Å². The molecule has 0 spiro atoms. The Labute approximate surface area is 83.7 Å². The van der Waals surface area contributed by atoms with Crippen LogP contribution in [0, 0.1) is 12.3 Å². The van der Waals surface area contributed by atoms with Crippen LogP contribution < -0.4 is 5.32 Å². The molecule has 0 unspecified atom stereocenters. The Morgan fingerprint density at radius 1 is 1.43 bits per heavy atom. The minimum Gasteiger partial charge on any atom is -0.326 e. The first kappa shape index (κ1) is 10.4. The summed E-state index contributed by atoms with van der Waals surface area (Å²) < 4.78 is 0. The summed E-state index contributed by atoms with van der Waals surface area (Å²) in [6.45, 7) is 3.56. The van der Waals surface area contributed by atoms with E-state index in [9.17, 15) is 4.79 Å². The predicted octanol–water partition coefficient (Wildman–Crippen LogP) is 2.36. The molecule has 1 rings (SSSR count). The Balaban J connectivity index is 2.65. The van der Waals surface area contributed by atoms with Gasteiger partial charge in [0.1, 0.15) is 0 Å². The SMILES string of the molecule is CC(=N)CC(=O)Nc1ccccc1C. The zero-order valence-electron chi connectivity index (χ0n) is 8.42. The minimum atomic E-state index is -0.133. The molecule has 74 valence electrons. The molecule has 3 nitrogen and oxygen atoms in total. The largest absolute Gasteiger partial charge is 0.326 e. The van der Waals surface area contributed by atoms with Crippen molar-refractivity contribution in [3.05, 3.63) is 29.8 Å². The van der Waals surface area contributed by atoms with E-state index in [-0.39, 0.29) is 12.3 Å². The van der Waals surface area contributed by atoms with E-state index in [2.05, 4.69) is 5.32 Å². The van der Waals surface area contributed by atoms with Gasteiger partial charge in [0.25, 0.3) is 0 Å². The van der Waals surface area contributed by atoms with Gasteiger partial charge in [-0.05, 0) is 25.5 Å². The molecule has 3 heteroatoms. The summed E-state index contributed by atoms with van der Waals surface area (Å²) in [7, 11) is 0. The van der Waals surface area contributed by atoms with Crippen LogP contribution in [0.4, 0.5) is 5.69 Å². The first-order chi connectivity index (χ1) is 6.59. The van der Waals surface area contributed by atoms with Crippen LogP contribution in [0.5, 0.6) is 0 Å². The van der Waals surface area contributed by atoms with Crippen molar-refractivity contribution >= 4 is 17.3 Å². The van der Waals surface area contributed by atoms with Crippen LogP contribution >= 0.6 is 0 Å². The molecule has 0 aliphatic rings. The summed E-state index contributed by atoms with van der Waals surface area (Å²) in [5, 5.41) is 9.95. The number of anilines is 1. The topological polar surface area (TPSA) is 53.0 Å². The Kier molecular flexibility index (Phi) is 3.40. The number of rotatable bonds is 3. The summed E-state index contributed by atoms with van der Waals surface area (Å²) in [6, 6.07) is 7.59. The first-order valence-corrected chi connectivity index (χ1v) is 4.49. The predicted molar refractivity (Wildman–Crippen MR) is 57.8 cm³/mol. The lowest BCUT2D eigenvalue weighted by Crippen LogP contribution is -2.14. The second kappa shape index (κ2) is 4.56. The van der Waals surface area contributed by atoms with Crippen molar-refractivity contribution in [2.45, 2.75) is 20.3 Å². The van der Waals surface area contributed by atoms with Gasteiger partial charge in [0.15, 0.2) is 0 Å². The lowest BCUT2D eigenvalue weighted by molar-refractivity contribution is -0.115. The number of hydrogen-bond donors (Lipinski definition) is 2. The van der Waals surface area contributed by atoms with Crippen molar-refractivity contribution in [3.63, 3.8) is 0 Å². The van der Waals surface area contributed by atoms with Gasteiger partial charge in [-0.3, -0.25) is 4.79 Å². The average Bonchev–Trinajstić information content (AvgIpc) is 2.07. The number of carbonyl (C=O) groups excluding carboxylic acids is 1. The number of hydrogen-bond acceptors (Lipinski definition) is 2. The van der Waals surface area contributed by atoms with Gasteiger partial charge >= 0.3 is 0 Å². The molecular formula is C11H14N2O. The zero-order valence-corrected chi connectivity index (χ0v) is 8.42. The van der Waals surface area contributed by atoms with Crippen LogP contribution in [-0.4, -0.2) is 11.6 Å². The molecule has 2 N–H and O–H groups in total. The lowest BCUT2D eigenvalue weighted by atomic mass is 10.2. The van der Waals surface area contributed by atoms with Crippen molar-refractivity contribution in [1.29, 1.82) is 5.41 Å². The molecule has 0 saturated carbocycles. The number of carbonyl (C=O) groups is 1. The maximum Gasteiger partial charge on any atom is 0.230 e. The van der Waals surface area contributed by atoms with Gasteiger partial charge in [-0.1, -0.05) is 18.2 Å². The van der Waals surface area contributed by atoms with Crippen molar-refractivity contribution in [2.75, 3.05) is 5.32 Å². The molecule has 0 radical (unpaired) electrons. The number of amides is 1. The summed E-state index contributed by atoms with van der Waals surface area (Å²) in [6.07, 6.45) is 0.161. The molecule has 0 bridgehead atoms. The second-order valence-electron chi connectivity index (χ2n) is 3.32. The fourth-order valence-electron chi connectivity index (χ4n) is 1.15. The molecular weight excluding hydrogens is 176 g/mol. The summed E-state index contributed by atoms with van der Waals surface area (Å²) in [4.78, 5) is 11.3. The first-order valence-electron chi connectivity index (χ1n) is 4.49. The van der Waals surface area contributed by atoms with E-state index in [1.807, 2.05) is 31.2 Å². The molecule has 1 amide bonds. The maximum atomic E-state index is 11.3. The van der Waals surface area contributed by atoms with Crippen LogP contribution in [-0.2, 0) is 4.79 Å². The highest BCUT2D eigenvalue weighted by Crippen LogP contribution is 2.13. The zero-order chi connectivity index (χ0) is 10.6. The lowest BCUT2D eigenvalue weighted by Gasteiger charge is -2.06. The Hall–Kier alpha value is -1.64. The highest BCUT2D eigenvalue weighted by molar-refractivity contribution is 6.04. The Morgan fingerprint density at radius 3 is 2.64 bits per heavy atom. The molecule has 0 aliphatic heterocycles. The number of benzene rings is 1. The fraction of sp³-hybridized carbons (Fsp3) is 0.273. The van der Waals surface area contributed by atoms with Gasteiger partial charge in [-0.2, -0.15) is 0 Å². The second-order valence-corrected chi connectivity index (χ2v) is 3.32. The number of para-hydroxylation sites is 1. The van der Waals surface area contributed by atoms with Gasteiger partial charge in [0.05, 0.1) is 6.42 Å². The highest BCUT2D eigenvalue weighted by Gasteiger charge is 2.04. The van der Waals surface area contributed by atoms with Crippen LogP contribution in [0.1, 0.15) is 18.9 Å². The fourth-order valence-corrected chi connectivity index (χ4v) is 1.15. The third-order valence-corrected chi connectivity index (χ3v) is 1.84. The van der Waals surface area contributed by atoms with Crippen molar-refractivity contribution in [1.82, 2.24) is 0 Å². The van der Waals surface area contributed by atoms with Crippen molar-refractivity contribution in [2.24, 2.45) is 0 Å². The standard InChI is InChI=1S/C11H14N2O/c1-8-5-3-4-6-10(8)13-11(14)7-9(2)12/h3-6,12H,7H2,1-2H3,(H,13,14). The quantitative estimate of drug-likeness (QED) is 0.706. The van der Waals surface area contributed by atoms with Gasteiger partial charge in [0, 0.05) is 11.4 Å². The minimum absolute atomic E-state index is 0.133. The number of nitrogens with one attached hydrogen (secondary N) is 2. The molecule has 0 heterocycles. The van der Waals surface area contributed by atoms with Crippen molar-refractivity contribution < 1.29 is 4.79 Å². The highest BCUT2D eigenvalue weighted by atomic mass is 16.1. The molecule has 0 atom stereocenters. The summed E-state index contributed by atoms with van der Waals surface area (Å²) >= 11 is 0. The molecule has 1 aromatic rings. The van der Waals surface area contributed by atoms with E-state index in [4.69, 9.17) is 5.41 Å². The molecule has 0 aromatic heterocycles. The van der Waals surface area contributed by atoms with Gasteiger partial charge in [-0.25, -0.2) is 0 Å². The van der Waals surface area contributed by atoms with E-state index in [1.165, 1.54) is 0 Å². The van der Waals surface area contributed by atoms with Gasteiger partial charge in [-0.15, -0.1) is 0 Å². The van der Waals surface area contributed by atoms with Gasteiger partial charge in [0.2, 0.25) is 5.91 Å². The Morgan fingerprint density at radius 2 is 2.07 bits per heavy atom. The van der Waals surface area contributed by atoms with Crippen LogP contribution in [0.2, 0.25) is 0 Å². The number of aryl methyl sites for hydroxylation is 1. The molecule has 1 aromatic carbocycles. The Bertz CT molecular complexity index is 358. The van der Waals surface area contributed by atoms with E-state index in [0.29, 0.717) is 5.71 Å². The molecule has 0 saturated heterocycles. The van der Waals surface area contributed by atoms with E-state index >= 15 is 0 Å². The monoisotopic (exact) mass is 190 g/mol. The third kappa shape index (κ3) is 3.01. The average molecular weight is 190 g/mol. The van der Waals surface area contributed by atoms with Crippen molar-refractivity contribution in [3.8, 4) is 0 Å². The van der Waals surface area contributed by atoms with E-state index < -0.39 is 0 Å². The van der Waals surface area contributed by atoms with E-state index in [1.54, 1.807) is 6.92 Å².